The zero-order valence-corrected chi connectivity index (χ0v) is 10.4. The Morgan fingerprint density at radius 3 is 2.86 bits per heavy atom. The van der Waals surface area contributed by atoms with Gasteiger partial charge >= 0.3 is 0 Å². The summed E-state index contributed by atoms with van der Waals surface area (Å²) in [6, 6.07) is 4.31. The quantitative estimate of drug-likeness (QED) is 0.482. The molecule has 0 amide bonds. The average Bonchev–Trinajstić information content (AvgIpc) is 2.68. The molecule has 0 aromatic carbocycles. The number of hydrogen-bond acceptors (Lipinski definition) is 2. The van der Waals surface area contributed by atoms with Gasteiger partial charge in [-0.1, -0.05) is 38.0 Å². The van der Waals surface area contributed by atoms with Gasteiger partial charge < -0.3 is 0 Å². The van der Waals surface area contributed by atoms with E-state index in [2.05, 4.69) is 24.4 Å². The third-order valence-corrected chi connectivity index (χ3v) is 3.63. The summed E-state index contributed by atoms with van der Waals surface area (Å²) in [5.74, 6) is 0. The standard InChI is InChI=1S/C12H18S2/c1-2-3-4-6-11(13)8-9-12-7-5-10-14-12/h5,7,10H,2-4,6,8-9H2,1H3. The van der Waals surface area contributed by atoms with Crippen LogP contribution >= 0.6 is 23.6 Å². The molecule has 0 atom stereocenters. The van der Waals surface area contributed by atoms with E-state index in [9.17, 15) is 0 Å². The van der Waals surface area contributed by atoms with Gasteiger partial charge in [0.25, 0.3) is 0 Å². The van der Waals surface area contributed by atoms with Crippen LogP contribution in [0.4, 0.5) is 0 Å². The number of unbranched alkanes of at least 4 members (excludes halogenated alkanes) is 2. The third-order valence-electron chi connectivity index (χ3n) is 2.29. The van der Waals surface area contributed by atoms with Crippen molar-refractivity contribution in [2.24, 2.45) is 0 Å². The Morgan fingerprint density at radius 2 is 2.21 bits per heavy atom. The lowest BCUT2D eigenvalue weighted by Gasteiger charge is -2.01. The average molecular weight is 226 g/mol. The van der Waals surface area contributed by atoms with Gasteiger partial charge in [0, 0.05) is 4.88 Å². The van der Waals surface area contributed by atoms with Crippen molar-refractivity contribution in [1.29, 1.82) is 0 Å². The fourth-order valence-electron chi connectivity index (χ4n) is 1.41. The molecular weight excluding hydrogens is 208 g/mol. The summed E-state index contributed by atoms with van der Waals surface area (Å²) in [7, 11) is 0. The summed E-state index contributed by atoms with van der Waals surface area (Å²) in [5.41, 5.74) is 0. The molecule has 0 saturated heterocycles. The molecule has 0 N–H and O–H groups in total. The van der Waals surface area contributed by atoms with Crippen LogP contribution in [0.15, 0.2) is 17.5 Å². The smallest absolute Gasteiger partial charge is 0.00487 e. The maximum atomic E-state index is 5.35. The highest BCUT2D eigenvalue weighted by atomic mass is 32.1. The van der Waals surface area contributed by atoms with Gasteiger partial charge in [-0.25, -0.2) is 0 Å². The predicted octanol–water partition coefficient (Wildman–Crippen LogP) is 4.63. The maximum Gasteiger partial charge on any atom is 0.00487 e. The largest absolute Gasteiger partial charge is 0.149 e. The van der Waals surface area contributed by atoms with Gasteiger partial charge in [0.2, 0.25) is 0 Å². The predicted molar refractivity (Wildman–Crippen MR) is 69.4 cm³/mol. The van der Waals surface area contributed by atoms with Crippen molar-refractivity contribution in [3.05, 3.63) is 22.4 Å². The van der Waals surface area contributed by atoms with Crippen LogP contribution in [-0.4, -0.2) is 4.86 Å². The Hall–Kier alpha value is -0.210. The zero-order chi connectivity index (χ0) is 10.2. The van der Waals surface area contributed by atoms with Gasteiger partial charge in [0.05, 0.1) is 0 Å². The highest BCUT2D eigenvalue weighted by Crippen LogP contribution is 2.13. The SMILES string of the molecule is CCCCCC(=S)CCc1cccs1. The van der Waals surface area contributed by atoms with Crippen LogP contribution in [0, 0.1) is 0 Å². The molecule has 0 aliphatic heterocycles. The van der Waals surface area contributed by atoms with Gasteiger partial charge in [-0.15, -0.1) is 11.3 Å². The fraction of sp³-hybridized carbons (Fsp3) is 0.583. The van der Waals surface area contributed by atoms with E-state index in [1.807, 2.05) is 11.3 Å². The summed E-state index contributed by atoms with van der Waals surface area (Å²) in [6.45, 7) is 2.23. The molecule has 0 saturated carbocycles. The van der Waals surface area contributed by atoms with E-state index in [0.29, 0.717) is 0 Å². The maximum absolute atomic E-state index is 5.35. The Labute approximate surface area is 96.4 Å². The Morgan fingerprint density at radius 1 is 1.36 bits per heavy atom. The van der Waals surface area contributed by atoms with Gasteiger partial charge in [0.1, 0.15) is 0 Å². The first kappa shape index (κ1) is 11.9. The van der Waals surface area contributed by atoms with E-state index < -0.39 is 0 Å². The van der Waals surface area contributed by atoms with Gasteiger partial charge in [-0.3, -0.25) is 0 Å². The van der Waals surface area contributed by atoms with Crippen molar-refractivity contribution < 1.29 is 0 Å². The number of rotatable bonds is 7. The van der Waals surface area contributed by atoms with Crippen molar-refractivity contribution in [2.75, 3.05) is 0 Å². The van der Waals surface area contributed by atoms with E-state index in [-0.39, 0.29) is 0 Å². The molecule has 78 valence electrons. The first-order valence-electron chi connectivity index (χ1n) is 5.37. The van der Waals surface area contributed by atoms with Crippen molar-refractivity contribution in [3.63, 3.8) is 0 Å². The molecule has 0 bridgehead atoms. The topological polar surface area (TPSA) is 0 Å². The van der Waals surface area contributed by atoms with Crippen LogP contribution < -0.4 is 0 Å². The Kier molecular flexibility index (Phi) is 6.04. The van der Waals surface area contributed by atoms with Crippen LogP contribution in [0.3, 0.4) is 0 Å². The molecule has 0 aliphatic carbocycles. The van der Waals surface area contributed by atoms with E-state index in [1.165, 1.54) is 29.0 Å². The molecule has 2 heteroatoms. The zero-order valence-electron chi connectivity index (χ0n) is 8.79. The third kappa shape index (κ3) is 4.87. The lowest BCUT2D eigenvalue weighted by atomic mass is 10.1. The first-order chi connectivity index (χ1) is 6.83. The fourth-order valence-corrected chi connectivity index (χ4v) is 2.37. The second kappa shape index (κ2) is 7.13. The minimum Gasteiger partial charge on any atom is -0.149 e. The van der Waals surface area contributed by atoms with Crippen LogP contribution in [0.5, 0.6) is 0 Å². The van der Waals surface area contributed by atoms with Crippen molar-refractivity contribution in [1.82, 2.24) is 0 Å². The van der Waals surface area contributed by atoms with E-state index in [1.54, 1.807) is 0 Å². The summed E-state index contributed by atoms with van der Waals surface area (Å²) in [6.07, 6.45) is 7.27. The minimum absolute atomic E-state index is 1.10. The Balaban J connectivity index is 2.09. The minimum atomic E-state index is 1.10. The Bertz CT molecular complexity index is 249. The monoisotopic (exact) mass is 226 g/mol. The van der Waals surface area contributed by atoms with Gasteiger partial charge in [-0.05, 0) is 42.0 Å². The normalized spacial score (nSPS) is 10.4. The van der Waals surface area contributed by atoms with E-state index in [0.717, 1.165) is 19.3 Å². The summed E-state index contributed by atoms with van der Waals surface area (Å²) >= 11 is 7.18. The molecule has 0 radical (unpaired) electrons. The summed E-state index contributed by atoms with van der Waals surface area (Å²) < 4.78 is 0. The van der Waals surface area contributed by atoms with Crippen molar-refractivity contribution >= 4 is 28.4 Å². The molecule has 0 fully saturated rings. The van der Waals surface area contributed by atoms with E-state index in [4.69, 9.17) is 12.2 Å². The first-order valence-corrected chi connectivity index (χ1v) is 6.65. The number of hydrogen-bond donors (Lipinski definition) is 0. The lowest BCUT2D eigenvalue weighted by molar-refractivity contribution is 0.739. The molecule has 0 spiro atoms. The molecule has 1 rings (SSSR count). The molecular formula is C12H18S2. The lowest BCUT2D eigenvalue weighted by Crippen LogP contribution is -1.96. The second-order valence-corrected chi connectivity index (χ2v) is 5.18. The molecule has 14 heavy (non-hydrogen) atoms. The second-order valence-electron chi connectivity index (χ2n) is 3.58. The van der Waals surface area contributed by atoms with Crippen molar-refractivity contribution in [2.45, 2.75) is 45.4 Å². The van der Waals surface area contributed by atoms with Crippen LogP contribution in [0.1, 0.15) is 43.9 Å². The van der Waals surface area contributed by atoms with E-state index >= 15 is 0 Å². The molecule has 1 aromatic heterocycles. The number of aryl methyl sites for hydroxylation is 1. The van der Waals surface area contributed by atoms with Gasteiger partial charge in [0.15, 0.2) is 0 Å². The molecule has 0 nitrogen and oxygen atoms in total. The molecule has 1 aromatic rings. The van der Waals surface area contributed by atoms with Crippen molar-refractivity contribution in [3.8, 4) is 0 Å². The summed E-state index contributed by atoms with van der Waals surface area (Å²) in [5, 5.41) is 2.13. The molecule has 0 aliphatic rings. The van der Waals surface area contributed by atoms with Crippen LogP contribution in [0.25, 0.3) is 0 Å². The highest BCUT2D eigenvalue weighted by Gasteiger charge is 1.99. The van der Waals surface area contributed by atoms with Gasteiger partial charge in [-0.2, -0.15) is 0 Å². The molecule has 0 unspecified atom stereocenters. The van der Waals surface area contributed by atoms with Crippen LogP contribution in [-0.2, 0) is 6.42 Å². The highest BCUT2D eigenvalue weighted by molar-refractivity contribution is 7.80. The summed E-state index contributed by atoms with van der Waals surface area (Å²) in [4.78, 5) is 2.72. The molecule has 1 heterocycles. The number of thiophene rings is 1. The van der Waals surface area contributed by atoms with Crippen LogP contribution in [0.2, 0.25) is 0 Å². The number of thiocarbonyl (C=S) groups is 1.